The Balaban J connectivity index is 1.57. The summed E-state index contributed by atoms with van der Waals surface area (Å²) in [6.07, 6.45) is 1.96. The number of rotatable bonds is 7. The van der Waals surface area contributed by atoms with E-state index in [1.165, 1.54) is 23.5 Å². The van der Waals surface area contributed by atoms with Gasteiger partial charge in [-0.05, 0) is 61.2 Å². The molecule has 0 aliphatic carbocycles. The highest BCUT2D eigenvalue weighted by Crippen LogP contribution is 2.25. The third kappa shape index (κ3) is 5.27. The van der Waals surface area contributed by atoms with Crippen LogP contribution in [0.5, 0.6) is 11.5 Å². The summed E-state index contributed by atoms with van der Waals surface area (Å²) >= 11 is 0. The van der Waals surface area contributed by atoms with Crippen molar-refractivity contribution in [2.75, 3.05) is 26.7 Å². The number of methoxy groups -OCH3 is 1. The molecule has 2 aromatic rings. The molecule has 0 saturated carbocycles. The highest BCUT2D eigenvalue weighted by molar-refractivity contribution is 7.89. The van der Waals surface area contributed by atoms with Crippen LogP contribution in [0.3, 0.4) is 0 Å². The topological polar surface area (TPSA) is 95.9 Å². The number of hydrogen-bond donors (Lipinski definition) is 2. The molecule has 0 bridgehead atoms. The summed E-state index contributed by atoms with van der Waals surface area (Å²) in [6.45, 7) is 1.05. The first kappa shape index (κ1) is 21.1. The maximum atomic E-state index is 12.9. The van der Waals surface area contributed by atoms with E-state index >= 15 is 0 Å². The zero-order chi connectivity index (χ0) is 20.9. The zero-order valence-electron chi connectivity index (χ0n) is 16.4. The molecule has 0 unspecified atom stereocenters. The van der Waals surface area contributed by atoms with Gasteiger partial charge in [-0.3, -0.25) is 4.79 Å². The molecule has 1 aliphatic heterocycles. The second-order valence-corrected chi connectivity index (χ2v) is 9.02. The van der Waals surface area contributed by atoms with Crippen molar-refractivity contribution in [2.45, 2.75) is 24.2 Å². The number of sulfonamides is 1. The van der Waals surface area contributed by atoms with E-state index in [4.69, 9.17) is 4.74 Å². The molecular formula is C21H26N2O5S. The Morgan fingerprint density at radius 3 is 2.52 bits per heavy atom. The van der Waals surface area contributed by atoms with Crippen LogP contribution in [0, 0.1) is 5.92 Å². The number of hydrogen-bond acceptors (Lipinski definition) is 5. The van der Waals surface area contributed by atoms with Crippen LogP contribution < -0.4 is 10.1 Å². The van der Waals surface area contributed by atoms with Gasteiger partial charge in [0.15, 0.2) is 0 Å². The van der Waals surface area contributed by atoms with Gasteiger partial charge in [-0.1, -0.05) is 12.1 Å². The minimum atomic E-state index is -3.65. The van der Waals surface area contributed by atoms with Crippen molar-refractivity contribution < 1.29 is 23.1 Å². The molecular weight excluding hydrogens is 392 g/mol. The predicted molar refractivity (Wildman–Crippen MR) is 109 cm³/mol. The molecule has 8 heteroatoms. The summed E-state index contributed by atoms with van der Waals surface area (Å²) in [4.78, 5) is 12.7. The number of amides is 1. The Bertz CT molecular complexity index is 927. The van der Waals surface area contributed by atoms with Crippen LogP contribution in [0.4, 0.5) is 0 Å². The SMILES string of the molecule is COc1ccc(S(=O)(=O)N2CCC[C@H](C(=O)NCCc3ccc(O)cc3)C2)cc1. The molecule has 1 fully saturated rings. The van der Waals surface area contributed by atoms with Gasteiger partial charge in [-0.2, -0.15) is 4.31 Å². The van der Waals surface area contributed by atoms with Crippen molar-refractivity contribution in [3.63, 3.8) is 0 Å². The van der Waals surface area contributed by atoms with E-state index in [-0.39, 0.29) is 29.0 Å². The summed E-state index contributed by atoms with van der Waals surface area (Å²) < 4.78 is 32.3. The van der Waals surface area contributed by atoms with Crippen LogP contribution >= 0.6 is 0 Å². The number of nitrogens with zero attached hydrogens (tertiary/aromatic N) is 1. The number of piperidine rings is 1. The smallest absolute Gasteiger partial charge is 0.243 e. The predicted octanol–water partition coefficient (Wildman–Crippen LogP) is 2.16. The number of phenols is 1. The van der Waals surface area contributed by atoms with Crippen molar-refractivity contribution in [3.05, 3.63) is 54.1 Å². The summed E-state index contributed by atoms with van der Waals surface area (Å²) in [6, 6.07) is 13.1. The lowest BCUT2D eigenvalue weighted by Crippen LogP contribution is -2.45. The van der Waals surface area contributed by atoms with Crippen LogP contribution in [-0.2, 0) is 21.2 Å². The van der Waals surface area contributed by atoms with Gasteiger partial charge < -0.3 is 15.2 Å². The van der Waals surface area contributed by atoms with Gasteiger partial charge in [0.05, 0.1) is 17.9 Å². The minimum absolute atomic E-state index is 0.126. The number of benzene rings is 2. The van der Waals surface area contributed by atoms with Crippen molar-refractivity contribution in [3.8, 4) is 11.5 Å². The lowest BCUT2D eigenvalue weighted by atomic mass is 9.99. The summed E-state index contributed by atoms with van der Waals surface area (Å²) in [7, 11) is -2.12. The maximum absolute atomic E-state index is 12.9. The first-order valence-corrected chi connectivity index (χ1v) is 11.0. The van der Waals surface area contributed by atoms with Crippen LogP contribution in [-0.4, -0.2) is 50.5 Å². The summed E-state index contributed by atoms with van der Waals surface area (Å²) in [5.41, 5.74) is 1.01. The number of aromatic hydroxyl groups is 1. The monoisotopic (exact) mass is 418 g/mol. The molecule has 0 aromatic heterocycles. The number of phenolic OH excluding ortho intramolecular Hbond substituents is 1. The number of carbonyl (C=O) groups is 1. The van der Waals surface area contributed by atoms with E-state index in [2.05, 4.69) is 5.32 Å². The molecule has 1 aliphatic rings. The number of carbonyl (C=O) groups excluding carboxylic acids is 1. The average molecular weight is 419 g/mol. The van der Waals surface area contributed by atoms with E-state index in [9.17, 15) is 18.3 Å². The first-order valence-electron chi connectivity index (χ1n) is 9.60. The number of ether oxygens (including phenoxy) is 1. The molecule has 156 valence electrons. The lowest BCUT2D eigenvalue weighted by molar-refractivity contribution is -0.126. The summed E-state index contributed by atoms with van der Waals surface area (Å²) in [5, 5.41) is 12.2. The highest BCUT2D eigenvalue weighted by atomic mass is 32.2. The Labute approximate surface area is 171 Å². The molecule has 0 spiro atoms. The standard InChI is InChI=1S/C21H26N2O5S/c1-28-19-8-10-20(11-9-19)29(26,27)23-14-2-3-17(15-23)21(25)22-13-12-16-4-6-18(24)7-5-16/h4-11,17,24H,2-3,12-15H2,1H3,(H,22,25)/t17-/m0/s1. The molecule has 1 atom stereocenters. The minimum Gasteiger partial charge on any atom is -0.508 e. The van der Waals surface area contributed by atoms with E-state index in [1.54, 1.807) is 24.3 Å². The van der Waals surface area contributed by atoms with Gasteiger partial charge in [0.2, 0.25) is 15.9 Å². The molecule has 1 heterocycles. The Morgan fingerprint density at radius 2 is 1.86 bits per heavy atom. The third-order valence-electron chi connectivity index (χ3n) is 5.10. The highest BCUT2D eigenvalue weighted by Gasteiger charge is 2.33. The Hall–Kier alpha value is -2.58. The Kier molecular flexibility index (Phi) is 6.76. The maximum Gasteiger partial charge on any atom is 0.243 e. The normalized spacial score (nSPS) is 17.6. The molecule has 2 aromatic carbocycles. The van der Waals surface area contributed by atoms with Crippen LogP contribution in [0.1, 0.15) is 18.4 Å². The van der Waals surface area contributed by atoms with Gasteiger partial charge in [-0.25, -0.2) is 8.42 Å². The fourth-order valence-electron chi connectivity index (χ4n) is 3.41. The van der Waals surface area contributed by atoms with Crippen LogP contribution in [0.2, 0.25) is 0 Å². The van der Waals surface area contributed by atoms with Gasteiger partial charge in [0, 0.05) is 19.6 Å². The average Bonchev–Trinajstić information content (AvgIpc) is 2.75. The van der Waals surface area contributed by atoms with Gasteiger partial charge in [0.25, 0.3) is 0 Å². The molecule has 29 heavy (non-hydrogen) atoms. The van der Waals surface area contributed by atoms with E-state index < -0.39 is 10.0 Å². The van der Waals surface area contributed by atoms with Gasteiger partial charge in [-0.15, -0.1) is 0 Å². The van der Waals surface area contributed by atoms with Crippen LogP contribution in [0.25, 0.3) is 0 Å². The van der Waals surface area contributed by atoms with E-state index in [1.807, 2.05) is 12.1 Å². The van der Waals surface area contributed by atoms with Crippen molar-refractivity contribution in [1.82, 2.24) is 9.62 Å². The molecule has 0 radical (unpaired) electrons. The van der Waals surface area contributed by atoms with Crippen molar-refractivity contribution >= 4 is 15.9 Å². The molecule has 3 rings (SSSR count). The fourth-order valence-corrected chi connectivity index (χ4v) is 4.93. The second kappa shape index (κ2) is 9.28. The van der Waals surface area contributed by atoms with Gasteiger partial charge >= 0.3 is 0 Å². The quantitative estimate of drug-likeness (QED) is 0.718. The third-order valence-corrected chi connectivity index (χ3v) is 6.98. The second-order valence-electron chi connectivity index (χ2n) is 7.09. The van der Waals surface area contributed by atoms with Crippen molar-refractivity contribution in [1.29, 1.82) is 0 Å². The lowest BCUT2D eigenvalue weighted by Gasteiger charge is -2.31. The molecule has 1 saturated heterocycles. The fraction of sp³-hybridized carbons (Fsp3) is 0.381. The molecule has 2 N–H and O–H groups in total. The molecule has 1 amide bonds. The summed E-state index contributed by atoms with van der Waals surface area (Å²) in [5.74, 6) is 0.307. The van der Waals surface area contributed by atoms with E-state index in [0.717, 1.165) is 5.56 Å². The first-order chi connectivity index (χ1) is 13.9. The largest absolute Gasteiger partial charge is 0.508 e. The Morgan fingerprint density at radius 1 is 1.17 bits per heavy atom. The molecule has 7 nitrogen and oxygen atoms in total. The zero-order valence-corrected chi connectivity index (χ0v) is 17.2. The van der Waals surface area contributed by atoms with Crippen LogP contribution in [0.15, 0.2) is 53.4 Å². The number of nitrogens with one attached hydrogen (secondary N) is 1. The van der Waals surface area contributed by atoms with Gasteiger partial charge in [0.1, 0.15) is 11.5 Å². The van der Waals surface area contributed by atoms with Crippen molar-refractivity contribution in [2.24, 2.45) is 5.92 Å². The van der Waals surface area contributed by atoms with E-state index in [0.29, 0.717) is 38.1 Å².